The first-order valence-electron chi connectivity index (χ1n) is 6.84. The third-order valence-corrected chi connectivity index (χ3v) is 7.25. The van der Waals surface area contributed by atoms with Gasteiger partial charge in [0, 0.05) is 0 Å². The van der Waals surface area contributed by atoms with Gasteiger partial charge in [-0.05, 0) is 39.3 Å². The smallest absolute Gasteiger partial charge is 0.338 e. The minimum atomic E-state index is -1.73. The van der Waals surface area contributed by atoms with Gasteiger partial charge < -0.3 is 29.3 Å². The Labute approximate surface area is 127 Å². The molecule has 1 aliphatic heterocycles. The monoisotopic (exact) mass is 340 g/mol. The van der Waals surface area contributed by atoms with Gasteiger partial charge in [-0.3, -0.25) is 0 Å². The summed E-state index contributed by atoms with van der Waals surface area (Å²) in [5.41, 5.74) is 0. The van der Waals surface area contributed by atoms with Crippen LogP contribution in [0.2, 0.25) is 39.3 Å². The summed E-state index contributed by atoms with van der Waals surface area (Å²) in [6, 6.07) is 0. The highest BCUT2D eigenvalue weighted by Gasteiger charge is 2.43. The van der Waals surface area contributed by atoms with Gasteiger partial charge in [-0.2, -0.15) is 0 Å². The number of hydrogen-bond acceptors (Lipinski definition) is 7. The van der Waals surface area contributed by atoms with Crippen LogP contribution in [0, 0.1) is 0 Å². The summed E-state index contributed by atoms with van der Waals surface area (Å²) in [5, 5.41) is 35.5. The lowest BCUT2D eigenvalue weighted by Gasteiger charge is -2.32. The van der Waals surface area contributed by atoms with Gasteiger partial charge in [-0.25, -0.2) is 4.79 Å². The molecule has 4 N–H and O–H groups in total. The summed E-state index contributed by atoms with van der Waals surface area (Å²) in [6.07, 6.45) is -5.93. The molecule has 7 nitrogen and oxygen atoms in total. The van der Waals surface area contributed by atoms with Crippen LogP contribution in [0.1, 0.15) is 0 Å². The van der Waals surface area contributed by atoms with Crippen molar-refractivity contribution in [2.24, 2.45) is 0 Å². The average Bonchev–Trinajstić information content (AvgIpc) is 2.27. The first-order chi connectivity index (χ1) is 9.28. The molecular formula is C12H28O7Si2. The molecular weight excluding hydrogens is 312 g/mol. The Hall–Kier alpha value is -0.296. The zero-order valence-electron chi connectivity index (χ0n) is 13.5. The summed E-state index contributed by atoms with van der Waals surface area (Å²) in [4.78, 5) is 10.7. The van der Waals surface area contributed by atoms with Crippen LogP contribution in [0.3, 0.4) is 0 Å². The summed E-state index contributed by atoms with van der Waals surface area (Å²) in [7, 11) is -2.46. The Balaban J connectivity index is 0.000000400. The van der Waals surface area contributed by atoms with Gasteiger partial charge in [-0.1, -0.05) is 0 Å². The highest BCUT2D eigenvalue weighted by Crippen LogP contribution is 2.16. The molecule has 1 aliphatic rings. The SMILES string of the molecule is C[Si](C)(C)O[Si](C)(C)C.O=C1O[C@H](CO)[C@@H](O)[C@H](O)[C@H]1O. The van der Waals surface area contributed by atoms with Gasteiger partial charge in [0.2, 0.25) is 0 Å². The maximum Gasteiger partial charge on any atom is 0.338 e. The van der Waals surface area contributed by atoms with Gasteiger partial charge in [0.1, 0.15) is 12.2 Å². The van der Waals surface area contributed by atoms with Gasteiger partial charge in [0.25, 0.3) is 0 Å². The molecule has 1 rings (SSSR count). The highest BCUT2D eigenvalue weighted by atomic mass is 28.4. The number of esters is 1. The second-order valence-electron chi connectivity index (χ2n) is 6.91. The molecule has 0 saturated carbocycles. The molecule has 0 unspecified atom stereocenters. The molecule has 0 spiro atoms. The van der Waals surface area contributed by atoms with Crippen LogP contribution in [-0.4, -0.2) is 74.1 Å². The molecule has 0 aliphatic carbocycles. The zero-order valence-corrected chi connectivity index (χ0v) is 15.5. The van der Waals surface area contributed by atoms with E-state index in [0.717, 1.165) is 0 Å². The van der Waals surface area contributed by atoms with Crippen molar-refractivity contribution in [2.75, 3.05) is 6.61 Å². The first-order valence-corrected chi connectivity index (χ1v) is 13.7. The summed E-state index contributed by atoms with van der Waals surface area (Å²) in [6.45, 7) is 12.9. The molecule has 0 amide bonds. The molecule has 4 atom stereocenters. The van der Waals surface area contributed by atoms with Crippen molar-refractivity contribution in [3.8, 4) is 0 Å². The van der Waals surface area contributed by atoms with E-state index in [1.165, 1.54) is 0 Å². The van der Waals surface area contributed by atoms with Gasteiger partial charge in [0.05, 0.1) is 6.61 Å². The van der Waals surface area contributed by atoms with Crippen LogP contribution in [0.25, 0.3) is 0 Å². The molecule has 1 fully saturated rings. The summed E-state index contributed by atoms with van der Waals surface area (Å²) < 4.78 is 10.3. The first kappa shape index (κ1) is 20.7. The predicted octanol–water partition coefficient (Wildman–Crippen LogP) is -0.340. The number of cyclic esters (lactones) is 1. The molecule has 0 aromatic carbocycles. The van der Waals surface area contributed by atoms with Gasteiger partial charge in [-0.15, -0.1) is 0 Å². The molecule has 1 saturated heterocycles. The van der Waals surface area contributed by atoms with E-state index in [-0.39, 0.29) is 0 Å². The lowest BCUT2D eigenvalue weighted by Crippen LogP contribution is -2.56. The molecule has 9 heteroatoms. The van der Waals surface area contributed by atoms with Crippen molar-refractivity contribution < 1.29 is 34.1 Å². The molecule has 0 aromatic rings. The quantitative estimate of drug-likeness (QED) is 0.410. The van der Waals surface area contributed by atoms with E-state index >= 15 is 0 Å². The van der Waals surface area contributed by atoms with E-state index in [1.54, 1.807) is 0 Å². The van der Waals surface area contributed by atoms with E-state index in [0.29, 0.717) is 0 Å². The normalized spacial score (nSPS) is 30.3. The van der Waals surface area contributed by atoms with Crippen molar-refractivity contribution in [1.29, 1.82) is 0 Å². The molecule has 1 heterocycles. The Morgan fingerprint density at radius 2 is 1.43 bits per heavy atom. The molecule has 126 valence electrons. The second-order valence-corrected chi connectivity index (χ2v) is 16.2. The third kappa shape index (κ3) is 8.05. The number of rotatable bonds is 3. The number of carbonyl (C=O) groups excluding carboxylic acids is 1. The van der Waals surface area contributed by atoms with Gasteiger partial charge in [0.15, 0.2) is 28.8 Å². The number of carbonyl (C=O) groups is 1. The van der Waals surface area contributed by atoms with Gasteiger partial charge >= 0.3 is 5.97 Å². The van der Waals surface area contributed by atoms with E-state index in [1.807, 2.05) is 0 Å². The lowest BCUT2D eigenvalue weighted by molar-refractivity contribution is -0.206. The minimum Gasteiger partial charge on any atom is -0.456 e. The number of aliphatic hydroxyl groups is 4. The fraction of sp³-hybridized carbons (Fsp3) is 0.917. The number of hydrogen-bond donors (Lipinski definition) is 4. The largest absolute Gasteiger partial charge is 0.456 e. The topological polar surface area (TPSA) is 116 Å². The van der Waals surface area contributed by atoms with E-state index in [4.69, 9.17) is 24.5 Å². The Bertz CT molecular complexity index is 323. The highest BCUT2D eigenvalue weighted by molar-refractivity contribution is 6.83. The van der Waals surface area contributed by atoms with Crippen LogP contribution >= 0.6 is 0 Å². The van der Waals surface area contributed by atoms with E-state index in [9.17, 15) is 4.79 Å². The van der Waals surface area contributed by atoms with Crippen LogP contribution in [0.5, 0.6) is 0 Å². The maximum absolute atomic E-state index is 10.7. The average molecular weight is 341 g/mol. The van der Waals surface area contributed by atoms with Crippen LogP contribution in [0.4, 0.5) is 0 Å². The van der Waals surface area contributed by atoms with E-state index in [2.05, 4.69) is 44.0 Å². The fourth-order valence-corrected chi connectivity index (χ4v) is 9.25. The van der Waals surface area contributed by atoms with Crippen molar-refractivity contribution in [1.82, 2.24) is 0 Å². The maximum atomic E-state index is 10.7. The zero-order chi connectivity index (χ0) is 17.0. The summed E-state index contributed by atoms with van der Waals surface area (Å²) in [5.74, 6) is -1.04. The van der Waals surface area contributed by atoms with Crippen molar-refractivity contribution >= 4 is 22.6 Å². The summed E-state index contributed by atoms with van der Waals surface area (Å²) >= 11 is 0. The molecule has 0 aromatic heterocycles. The predicted molar refractivity (Wildman–Crippen MR) is 82.8 cm³/mol. The lowest BCUT2D eigenvalue weighted by atomic mass is 10.0. The number of aliphatic hydroxyl groups excluding tert-OH is 4. The van der Waals surface area contributed by atoms with E-state index < -0.39 is 53.6 Å². The Morgan fingerprint density at radius 3 is 1.71 bits per heavy atom. The van der Waals surface area contributed by atoms with Crippen LogP contribution in [-0.2, 0) is 13.6 Å². The van der Waals surface area contributed by atoms with Crippen LogP contribution < -0.4 is 0 Å². The van der Waals surface area contributed by atoms with Crippen LogP contribution in [0.15, 0.2) is 0 Å². The Kier molecular flexibility index (Phi) is 7.70. The molecule has 0 radical (unpaired) electrons. The second kappa shape index (κ2) is 7.81. The Morgan fingerprint density at radius 1 is 1.00 bits per heavy atom. The van der Waals surface area contributed by atoms with Crippen molar-refractivity contribution in [2.45, 2.75) is 63.7 Å². The fourth-order valence-electron chi connectivity index (χ4n) is 1.90. The molecule has 21 heavy (non-hydrogen) atoms. The minimum absolute atomic E-state index is 0.587. The van der Waals surface area contributed by atoms with Crippen molar-refractivity contribution in [3.05, 3.63) is 0 Å². The third-order valence-electron chi connectivity index (χ3n) is 2.36. The number of ether oxygens (including phenoxy) is 1. The standard InChI is InChI=1S/C6H10O6.C6H18OSi2/c7-1-2-3(8)4(9)5(10)6(11)12-2;1-8(2,3)7-9(4,5)6/h2-5,7-10H,1H2;1-6H3/t2-,3-,4+,5-;/m1./s1. The van der Waals surface area contributed by atoms with Crippen molar-refractivity contribution in [3.63, 3.8) is 0 Å². The molecule has 0 bridgehead atoms.